The van der Waals surface area contributed by atoms with Crippen molar-refractivity contribution in [2.24, 2.45) is 5.92 Å². The lowest BCUT2D eigenvalue weighted by Gasteiger charge is -2.28. The fourth-order valence-electron chi connectivity index (χ4n) is 4.36. The molecule has 0 bridgehead atoms. The second-order valence-corrected chi connectivity index (χ2v) is 11.0. The zero-order valence-corrected chi connectivity index (χ0v) is 19.0. The molecule has 1 aliphatic carbocycles. The second kappa shape index (κ2) is 7.62. The molecule has 2 aromatic rings. The quantitative estimate of drug-likeness (QED) is 0.649. The van der Waals surface area contributed by atoms with Crippen LogP contribution >= 0.6 is 15.9 Å². The molecule has 156 valence electrons. The molecule has 1 saturated carbocycles. The molecule has 3 aliphatic rings. The van der Waals surface area contributed by atoms with Crippen LogP contribution in [0.4, 0.5) is 5.69 Å². The van der Waals surface area contributed by atoms with Gasteiger partial charge in [0.15, 0.2) is 0 Å². The summed E-state index contributed by atoms with van der Waals surface area (Å²) in [5, 5.41) is 0. The summed E-state index contributed by atoms with van der Waals surface area (Å²) in [5.41, 5.74) is 3.83. The first kappa shape index (κ1) is 20.0. The van der Waals surface area contributed by atoms with E-state index < -0.39 is 10.0 Å². The van der Waals surface area contributed by atoms with Gasteiger partial charge in [0, 0.05) is 30.0 Å². The molecule has 0 aromatic heterocycles. The van der Waals surface area contributed by atoms with Crippen molar-refractivity contribution in [2.45, 2.75) is 30.6 Å². The van der Waals surface area contributed by atoms with Crippen molar-refractivity contribution in [3.63, 3.8) is 0 Å². The van der Waals surface area contributed by atoms with Gasteiger partial charge in [0.2, 0.25) is 15.9 Å². The molecule has 0 unspecified atom stereocenters. The van der Waals surface area contributed by atoms with Crippen molar-refractivity contribution in [1.82, 2.24) is 4.31 Å². The molecule has 0 atom stereocenters. The Morgan fingerprint density at radius 1 is 1.03 bits per heavy atom. The first-order valence-corrected chi connectivity index (χ1v) is 12.6. The van der Waals surface area contributed by atoms with E-state index in [9.17, 15) is 13.2 Å². The van der Waals surface area contributed by atoms with E-state index in [0.717, 1.165) is 28.4 Å². The van der Waals surface area contributed by atoms with Crippen LogP contribution in [0.3, 0.4) is 0 Å². The fourth-order valence-corrected chi connectivity index (χ4v) is 6.66. The van der Waals surface area contributed by atoms with Crippen molar-refractivity contribution in [2.75, 3.05) is 24.5 Å². The van der Waals surface area contributed by atoms with E-state index in [2.05, 4.69) is 28.1 Å². The molecule has 2 aliphatic heterocycles. The summed E-state index contributed by atoms with van der Waals surface area (Å²) in [6.45, 7) is 1.33. The van der Waals surface area contributed by atoms with Gasteiger partial charge in [-0.1, -0.05) is 52.3 Å². The number of carbonyl (C=O) groups excluding carboxylic acids is 1. The van der Waals surface area contributed by atoms with Crippen molar-refractivity contribution in [3.05, 3.63) is 64.1 Å². The summed E-state index contributed by atoms with van der Waals surface area (Å²) < 4.78 is 29.5. The largest absolute Gasteiger partial charge is 0.310 e. The molecule has 0 spiro atoms. The van der Waals surface area contributed by atoms with Gasteiger partial charge >= 0.3 is 0 Å². The third-order valence-corrected chi connectivity index (χ3v) is 8.46. The molecule has 5 rings (SSSR count). The summed E-state index contributed by atoms with van der Waals surface area (Å²) in [6, 6.07) is 13.7. The number of rotatable bonds is 4. The van der Waals surface area contributed by atoms with Crippen LogP contribution in [0.5, 0.6) is 0 Å². The number of fused-ring (bicyclic) bond motifs is 1. The number of benzene rings is 2. The Morgan fingerprint density at radius 2 is 1.80 bits per heavy atom. The van der Waals surface area contributed by atoms with Gasteiger partial charge in [-0.15, -0.1) is 0 Å². The number of nitrogens with zero attached hydrogens (tertiary/aromatic N) is 2. The topological polar surface area (TPSA) is 57.7 Å². The Labute approximate surface area is 185 Å². The lowest BCUT2D eigenvalue weighted by atomic mass is 10.0. The van der Waals surface area contributed by atoms with E-state index in [0.29, 0.717) is 38.2 Å². The summed E-state index contributed by atoms with van der Waals surface area (Å²) in [6.07, 6.45) is 5.17. The minimum atomic E-state index is -3.72. The van der Waals surface area contributed by atoms with E-state index in [1.807, 2.05) is 30.3 Å². The predicted molar refractivity (Wildman–Crippen MR) is 121 cm³/mol. The minimum Gasteiger partial charge on any atom is -0.310 e. The molecule has 1 amide bonds. The Kier molecular flexibility index (Phi) is 5.08. The van der Waals surface area contributed by atoms with E-state index in [1.165, 1.54) is 9.88 Å². The van der Waals surface area contributed by atoms with Crippen LogP contribution in [0.1, 0.15) is 30.4 Å². The third-order valence-electron chi connectivity index (χ3n) is 6.12. The number of amides is 1. The number of anilines is 1. The Balaban J connectivity index is 1.48. The van der Waals surface area contributed by atoms with E-state index >= 15 is 0 Å². The molecule has 2 heterocycles. The highest BCUT2D eigenvalue weighted by molar-refractivity contribution is 9.10. The predicted octanol–water partition coefficient (Wildman–Crippen LogP) is 4.23. The average Bonchev–Trinajstić information content (AvgIpc) is 3.53. The monoisotopic (exact) mass is 486 g/mol. The van der Waals surface area contributed by atoms with Crippen LogP contribution in [0.2, 0.25) is 0 Å². The molecule has 7 heteroatoms. The van der Waals surface area contributed by atoms with Crippen molar-refractivity contribution in [1.29, 1.82) is 0 Å². The van der Waals surface area contributed by atoms with Crippen LogP contribution in [0, 0.1) is 5.92 Å². The number of carbonyl (C=O) groups is 1. The smallest absolute Gasteiger partial charge is 0.245 e. The van der Waals surface area contributed by atoms with Crippen molar-refractivity contribution in [3.8, 4) is 0 Å². The zero-order chi connectivity index (χ0) is 20.9. The highest BCUT2D eigenvalue weighted by Crippen LogP contribution is 2.42. The molecule has 1 fully saturated rings. The summed E-state index contributed by atoms with van der Waals surface area (Å²) in [4.78, 5) is 14.8. The number of sulfonamides is 1. The highest BCUT2D eigenvalue weighted by atomic mass is 79.9. The van der Waals surface area contributed by atoms with Crippen LogP contribution in [-0.4, -0.2) is 38.3 Å². The first-order chi connectivity index (χ1) is 14.4. The molecule has 5 nitrogen and oxygen atoms in total. The molecular formula is C23H23BrN2O3S. The van der Waals surface area contributed by atoms with Crippen molar-refractivity contribution < 1.29 is 13.2 Å². The van der Waals surface area contributed by atoms with Gasteiger partial charge in [0.25, 0.3) is 0 Å². The Bertz CT molecular complexity index is 1140. The Morgan fingerprint density at radius 3 is 2.47 bits per heavy atom. The summed E-state index contributed by atoms with van der Waals surface area (Å²) in [7, 11) is -3.72. The summed E-state index contributed by atoms with van der Waals surface area (Å²) >= 11 is 3.47. The number of hydrogen-bond donors (Lipinski definition) is 0. The maximum atomic E-state index is 13.6. The van der Waals surface area contributed by atoms with Crippen LogP contribution < -0.4 is 4.90 Å². The van der Waals surface area contributed by atoms with Gasteiger partial charge in [-0.05, 0) is 54.5 Å². The first-order valence-electron chi connectivity index (χ1n) is 10.3. The normalized spacial score (nSPS) is 19.5. The van der Waals surface area contributed by atoms with Gasteiger partial charge in [0.1, 0.15) is 4.90 Å². The lowest BCUT2D eigenvalue weighted by Crippen LogP contribution is -2.37. The maximum Gasteiger partial charge on any atom is 0.245 e. The van der Waals surface area contributed by atoms with E-state index in [1.54, 1.807) is 11.0 Å². The van der Waals surface area contributed by atoms with Crippen LogP contribution in [0.25, 0.3) is 5.57 Å². The summed E-state index contributed by atoms with van der Waals surface area (Å²) in [5.74, 6) is 0.124. The number of hydrogen-bond acceptors (Lipinski definition) is 3. The lowest BCUT2D eigenvalue weighted by molar-refractivity contribution is -0.119. The SMILES string of the molecule is O=C(C1CC1)N1CCc2cc(Br)cc(S(=O)(=O)N3CC=C(c4ccccc4)CC3)c21. The average molecular weight is 487 g/mol. The molecule has 0 saturated heterocycles. The van der Waals surface area contributed by atoms with Gasteiger partial charge in [-0.3, -0.25) is 4.79 Å². The number of halogens is 1. The van der Waals surface area contributed by atoms with Crippen LogP contribution in [0.15, 0.2) is 57.9 Å². The molecule has 0 radical (unpaired) electrons. The van der Waals surface area contributed by atoms with Gasteiger partial charge < -0.3 is 4.90 Å². The highest BCUT2D eigenvalue weighted by Gasteiger charge is 2.40. The third kappa shape index (κ3) is 3.53. The minimum absolute atomic E-state index is 0.0569. The van der Waals surface area contributed by atoms with E-state index in [-0.39, 0.29) is 16.7 Å². The van der Waals surface area contributed by atoms with Gasteiger partial charge in [-0.25, -0.2) is 8.42 Å². The van der Waals surface area contributed by atoms with Gasteiger partial charge in [0.05, 0.1) is 5.69 Å². The van der Waals surface area contributed by atoms with Crippen molar-refractivity contribution >= 4 is 43.1 Å². The second-order valence-electron chi connectivity index (χ2n) is 8.13. The molecule has 30 heavy (non-hydrogen) atoms. The zero-order valence-electron chi connectivity index (χ0n) is 16.6. The van der Waals surface area contributed by atoms with Gasteiger partial charge in [-0.2, -0.15) is 4.31 Å². The maximum absolute atomic E-state index is 13.6. The fraction of sp³-hybridized carbons (Fsp3) is 0.348. The van der Waals surface area contributed by atoms with Crippen LogP contribution in [-0.2, 0) is 21.2 Å². The molecular weight excluding hydrogens is 464 g/mol. The Hall–Kier alpha value is -1.96. The van der Waals surface area contributed by atoms with E-state index in [4.69, 9.17) is 0 Å². The standard InChI is InChI=1S/C23H23BrN2O3S/c24-20-14-19-10-13-26(23(27)18-6-7-18)22(19)21(15-20)30(28,29)25-11-8-17(9-12-25)16-4-2-1-3-5-16/h1-5,8,14-15,18H,6-7,9-13H2. The molecule has 0 N–H and O–H groups in total. The molecule has 2 aromatic carbocycles.